The second kappa shape index (κ2) is 15.4. The molecule has 0 atom stereocenters. The van der Waals surface area contributed by atoms with Crippen molar-refractivity contribution in [3.63, 3.8) is 0 Å². The predicted octanol–water partition coefficient (Wildman–Crippen LogP) is 2.63. The van der Waals surface area contributed by atoms with E-state index in [2.05, 4.69) is 51.7 Å². The van der Waals surface area contributed by atoms with Crippen LogP contribution in [0, 0.1) is 6.92 Å². The van der Waals surface area contributed by atoms with Crippen LogP contribution in [0.25, 0.3) is 0 Å². The minimum absolute atomic E-state index is 0. The number of likely N-dealkylation sites (tertiary alicyclic amines) is 1. The maximum Gasteiger partial charge on any atom is 0.243 e. The van der Waals surface area contributed by atoms with E-state index in [1.807, 2.05) is 6.92 Å². The van der Waals surface area contributed by atoms with Crippen molar-refractivity contribution in [3.8, 4) is 0 Å². The first-order valence-corrected chi connectivity index (χ1v) is 11.1. The molecule has 1 fully saturated rings. The van der Waals surface area contributed by atoms with E-state index in [1.54, 1.807) is 19.0 Å². The number of guanidine groups is 1. The lowest BCUT2D eigenvalue weighted by molar-refractivity contribution is -0.127. The Morgan fingerprint density at radius 1 is 1.26 bits per heavy atom. The van der Waals surface area contributed by atoms with Crippen LogP contribution >= 0.6 is 24.0 Å². The fourth-order valence-electron chi connectivity index (χ4n) is 3.42. The third-order valence-electron chi connectivity index (χ3n) is 5.42. The summed E-state index contributed by atoms with van der Waals surface area (Å²) in [6.07, 6.45) is 3.03. The minimum atomic E-state index is -0.00142. The molecule has 31 heavy (non-hydrogen) atoms. The van der Waals surface area contributed by atoms with Gasteiger partial charge in [0.25, 0.3) is 0 Å². The highest BCUT2D eigenvalue weighted by Gasteiger charge is 2.20. The van der Waals surface area contributed by atoms with Crippen LogP contribution in [0.1, 0.15) is 37.3 Å². The summed E-state index contributed by atoms with van der Waals surface area (Å²) in [5.41, 5.74) is 2.76. The number of hydrogen-bond donors (Lipinski definition) is 2. The van der Waals surface area contributed by atoms with Crippen LogP contribution in [0.2, 0.25) is 0 Å². The number of aryl methyl sites for hydroxylation is 1. The summed E-state index contributed by atoms with van der Waals surface area (Å²) in [6, 6.07) is 8.98. The van der Waals surface area contributed by atoms with Gasteiger partial charge in [-0.25, -0.2) is 4.99 Å². The Morgan fingerprint density at radius 3 is 2.61 bits per heavy atom. The van der Waals surface area contributed by atoms with Crippen molar-refractivity contribution in [2.75, 3.05) is 53.5 Å². The second-order valence-electron chi connectivity index (χ2n) is 8.05. The Balaban J connectivity index is 0.00000480. The quantitative estimate of drug-likeness (QED) is 0.205. The van der Waals surface area contributed by atoms with Crippen molar-refractivity contribution < 1.29 is 9.53 Å². The SMILES string of the molecule is CCOCCCNC(=NCC(=O)N(C)C)NC1CCN(Cc2ccccc2C)CC1.I. The number of nitrogens with zero attached hydrogens (tertiary/aromatic N) is 3. The number of likely N-dealkylation sites (N-methyl/N-ethyl adjacent to an activating group) is 1. The summed E-state index contributed by atoms with van der Waals surface area (Å²) in [7, 11) is 3.51. The van der Waals surface area contributed by atoms with Crippen LogP contribution in [-0.2, 0) is 16.1 Å². The van der Waals surface area contributed by atoms with Gasteiger partial charge in [0.15, 0.2) is 5.96 Å². The molecule has 1 aliphatic rings. The highest BCUT2D eigenvalue weighted by Crippen LogP contribution is 2.16. The summed E-state index contributed by atoms with van der Waals surface area (Å²) < 4.78 is 5.40. The zero-order chi connectivity index (χ0) is 21.8. The average molecular weight is 546 g/mol. The molecule has 0 unspecified atom stereocenters. The molecule has 0 aromatic heterocycles. The maximum atomic E-state index is 11.9. The normalized spacial score (nSPS) is 15.3. The summed E-state index contributed by atoms with van der Waals surface area (Å²) in [5, 5.41) is 6.89. The predicted molar refractivity (Wildman–Crippen MR) is 138 cm³/mol. The van der Waals surface area contributed by atoms with Gasteiger partial charge in [0, 0.05) is 59.5 Å². The van der Waals surface area contributed by atoms with E-state index in [1.165, 1.54) is 11.1 Å². The van der Waals surface area contributed by atoms with E-state index in [4.69, 9.17) is 4.74 Å². The van der Waals surface area contributed by atoms with Gasteiger partial charge in [0.1, 0.15) is 6.54 Å². The van der Waals surface area contributed by atoms with Crippen molar-refractivity contribution in [2.45, 2.75) is 45.7 Å². The molecule has 0 bridgehead atoms. The lowest BCUT2D eigenvalue weighted by atomic mass is 10.0. The lowest BCUT2D eigenvalue weighted by Crippen LogP contribution is -2.49. The first-order valence-electron chi connectivity index (χ1n) is 11.1. The molecule has 1 aromatic carbocycles. The van der Waals surface area contributed by atoms with Crippen molar-refractivity contribution in [2.24, 2.45) is 4.99 Å². The molecule has 1 saturated heterocycles. The number of aliphatic imine (C=N–C) groups is 1. The zero-order valence-electron chi connectivity index (χ0n) is 19.5. The lowest BCUT2D eigenvalue weighted by Gasteiger charge is -2.33. The highest BCUT2D eigenvalue weighted by molar-refractivity contribution is 14.0. The number of nitrogens with one attached hydrogen (secondary N) is 2. The van der Waals surface area contributed by atoms with E-state index in [9.17, 15) is 4.79 Å². The third kappa shape index (κ3) is 10.7. The van der Waals surface area contributed by atoms with E-state index in [-0.39, 0.29) is 36.4 Å². The number of carbonyl (C=O) groups is 1. The third-order valence-corrected chi connectivity index (χ3v) is 5.42. The number of hydrogen-bond acceptors (Lipinski definition) is 4. The molecule has 1 heterocycles. The monoisotopic (exact) mass is 545 g/mol. The van der Waals surface area contributed by atoms with Gasteiger partial charge in [-0.05, 0) is 44.2 Å². The second-order valence-corrected chi connectivity index (χ2v) is 8.05. The molecule has 0 radical (unpaired) electrons. The minimum Gasteiger partial charge on any atom is -0.382 e. The van der Waals surface area contributed by atoms with Gasteiger partial charge in [-0.2, -0.15) is 0 Å². The molecule has 176 valence electrons. The molecular weight excluding hydrogens is 505 g/mol. The Morgan fingerprint density at radius 2 is 1.97 bits per heavy atom. The van der Waals surface area contributed by atoms with Gasteiger partial charge in [0.05, 0.1) is 0 Å². The van der Waals surface area contributed by atoms with Crippen LogP contribution < -0.4 is 10.6 Å². The Labute approximate surface area is 205 Å². The van der Waals surface area contributed by atoms with Gasteiger partial charge in [-0.3, -0.25) is 9.69 Å². The van der Waals surface area contributed by atoms with Crippen molar-refractivity contribution in [1.82, 2.24) is 20.4 Å². The number of amides is 1. The summed E-state index contributed by atoms with van der Waals surface area (Å²) in [5.74, 6) is 0.720. The highest BCUT2D eigenvalue weighted by atomic mass is 127. The number of carbonyl (C=O) groups excluding carboxylic acids is 1. The van der Waals surface area contributed by atoms with Gasteiger partial charge in [-0.15, -0.1) is 24.0 Å². The molecule has 0 aliphatic carbocycles. The molecule has 2 rings (SSSR count). The van der Waals surface area contributed by atoms with E-state index < -0.39 is 0 Å². The smallest absolute Gasteiger partial charge is 0.243 e. The van der Waals surface area contributed by atoms with Gasteiger partial charge in [0.2, 0.25) is 5.91 Å². The number of rotatable bonds is 10. The van der Waals surface area contributed by atoms with Crippen LogP contribution in [0.4, 0.5) is 0 Å². The molecule has 8 heteroatoms. The van der Waals surface area contributed by atoms with E-state index >= 15 is 0 Å². The topological polar surface area (TPSA) is 69.2 Å². The number of ether oxygens (including phenoxy) is 1. The zero-order valence-corrected chi connectivity index (χ0v) is 21.9. The molecule has 0 saturated carbocycles. The Kier molecular flexibility index (Phi) is 13.7. The number of piperidine rings is 1. The number of benzene rings is 1. The maximum absolute atomic E-state index is 11.9. The first-order chi connectivity index (χ1) is 14.5. The molecule has 7 nitrogen and oxygen atoms in total. The molecule has 0 spiro atoms. The average Bonchev–Trinajstić information content (AvgIpc) is 2.74. The summed E-state index contributed by atoms with van der Waals surface area (Å²) >= 11 is 0. The fraction of sp³-hybridized carbons (Fsp3) is 0.652. The molecule has 2 N–H and O–H groups in total. The van der Waals surface area contributed by atoms with Gasteiger partial charge >= 0.3 is 0 Å². The van der Waals surface area contributed by atoms with E-state index in [0.29, 0.717) is 6.04 Å². The van der Waals surface area contributed by atoms with Gasteiger partial charge in [-0.1, -0.05) is 24.3 Å². The molecule has 1 amide bonds. The summed E-state index contributed by atoms with van der Waals surface area (Å²) in [6.45, 7) is 9.68. The largest absolute Gasteiger partial charge is 0.382 e. The van der Waals surface area contributed by atoms with Crippen LogP contribution in [-0.4, -0.2) is 81.2 Å². The van der Waals surface area contributed by atoms with Crippen molar-refractivity contribution >= 4 is 35.8 Å². The molecular formula is C23H40IN5O2. The van der Waals surface area contributed by atoms with E-state index in [0.717, 1.165) is 64.6 Å². The van der Waals surface area contributed by atoms with Crippen molar-refractivity contribution in [3.05, 3.63) is 35.4 Å². The van der Waals surface area contributed by atoms with Crippen LogP contribution in [0.5, 0.6) is 0 Å². The standard InChI is InChI=1S/C23H39N5O2.HI/c1-5-30-16-8-13-24-23(25-17-22(29)27(3)4)26-21-11-14-28(15-12-21)18-20-10-7-6-9-19(20)2;/h6-7,9-10,21H,5,8,11-18H2,1-4H3,(H2,24,25,26);1H. The van der Waals surface area contributed by atoms with Crippen LogP contribution in [0.15, 0.2) is 29.3 Å². The molecule has 1 aromatic rings. The Bertz CT molecular complexity index is 676. The van der Waals surface area contributed by atoms with Gasteiger partial charge < -0.3 is 20.3 Å². The first kappa shape index (κ1) is 27.6. The Hall–Kier alpha value is -1.39. The summed E-state index contributed by atoms with van der Waals surface area (Å²) in [4.78, 5) is 20.5. The fourth-order valence-corrected chi connectivity index (χ4v) is 3.42. The number of halogens is 1. The molecule has 1 aliphatic heterocycles. The van der Waals surface area contributed by atoms with Crippen LogP contribution in [0.3, 0.4) is 0 Å². The van der Waals surface area contributed by atoms with Crippen molar-refractivity contribution in [1.29, 1.82) is 0 Å².